The van der Waals surface area contributed by atoms with E-state index in [1.165, 1.54) is 0 Å². The summed E-state index contributed by atoms with van der Waals surface area (Å²) in [5, 5.41) is 0. The Morgan fingerprint density at radius 2 is 1.81 bits per heavy atom. The van der Waals surface area contributed by atoms with E-state index in [0.717, 1.165) is 22.7 Å². The van der Waals surface area contributed by atoms with E-state index in [-0.39, 0.29) is 12.4 Å². The first-order valence-corrected chi connectivity index (χ1v) is 6.62. The summed E-state index contributed by atoms with van der Waals surface area (Å²) in [6, 6.07) is 9.79. The Hall–Kier alpha value is -1.85. The van der Waals surface area contributed by atoms with Crippen molar-refractivity contribution in [3.63, 3.8) is 0 Å². The first-order chi connectivity index (χ1) is 9.63. The van der Waals surface area contributed by atoms with Crippen molar-refractivity contribution in [2.45, 2.75) is 13.5 Å². The smallest absolute Gasteiger partial charge is 0.225 e. The minimum absolute atomic E-state index is 0. The van der Waals surface area contributed by atoms with Crippen LogP contribution >= 0.6 is 12.4 Å². The van der Waals surface area contributed by atoms with E-state index in [0.29, 0.717) is 19.1 Å². The SMILES string of the molecule is CCOc1ccc(-c2cc(CN)nc(N(C)C)n2)cc1.Cl. The van der Waals surface area contributed by atoms with Crippen molar-refractivity contribution in [2.24, 2.45) is 5.73 Å². The van der Waals surface area contributed by atoms with Crippen LogP contribution in [0.5, 0.6) is 5.75 Å². The van der Waals surface area contributed by atoms with Gasteiger partial charge in [0.25, 0.3) is 0 Å². The molecule has 0 radical (unpaired) electrons. The molecule has 0 fully saturated rings. The number of nitrogens with two attached hydrogens (primary N) is 1. The number of rotatable bonds is 5. The van der Waals surface area contributed by atoms with Crippen LogP contribution in [0, 0.1) is 0 Å². The van der Waals surface area contributed by atoms with Crippen molar-refractivity contribution >= 4 is 18.4 Å². The summed E-state index contributed by atoms with van der Waals surface area (Å²) in [5.74, 6) is 1.52. The average molecular weight is 309 g/mol. The Kier molecular flexibility index (Phi) is 6.39. The Labute approximate surface area is 131 Å². The second-order valence-corrected chi connectivity index (χ2v) is 4.60. The molecular weight excluding hydrogens is 288 g/mol. The molecule has 1 aromatic carbocycles. The molecule has 0 saturated carbocycles. The molecule has 0 aliphatic rings. The first kappa shape index (κ1) is 17.2. The molecule has 2 rings (SSSR count). The zero-order chi connectivity index (χ0) is 14.5. The van der Waals surface area contributed by atoms with Crippen LogP contribution in [0.1, 0.15) is 12.6 Å². The third kappa shape index (κ3) is 4.31. The molecule has 21 heavy (non-hydrogen) atoms. The van der Waals surface area contributed by atoms with Crippen LogP contribution < -0.4 is 15.4 Å². The van der Waals surface area contributed by atoms with E-state index in [2.05, 4.69) is 9.97 Å². The van der Waals surface area contributed by atoms with Crippen molar-refractivity contribution in [3.8, 4) is 17.0 Å². The molecule has 0 atom stereocenters. The van der Waals surface area contributed by atoms with Crippen LogP contribution in [0.4, 0.5) is 5.95 Å². The molecule has 0 amide bonds. The largest absolute Gasteiger partial charge is 0.494 e. The van der Waals surface area contributed by atoms with Crippen LogP contribution in [0.25, 0.3) is 11.3 Å². The molecule has 0 saturated heterocycles. The number of nitrogens with zero attached hydrogens (tertiary/aromatic N) is 3. The predicted molar refractivity (Wildman–Crippen MR) is 88.1 cm³/mol. The maximum atomic E-state index is 5.70. The number of anilines is 1. The quantitative estimate of drug-likeness (QED) is 0.919. The van der Waals surface area contributed by atoms with Gasteiger partial charge in [-0.15, -0.1) is 12.4 Å². The minimum Gasteiger partial charge on any atom is -0.494 e. The van der Waals surface area contributed by atoms with Crippen molar-refractivity contribution in [1.29, 1.82) is 0 Å². The average Bonchev–Trinajstić information content (AvgIpc) is 2.47. The van der Waals surface area contributed by atoms with Crippen molar-refractivity contribution in [2.75, 3.05) is 25.6 Å². The summed E-state index contributed by atoms with van der Waals surface area (Å²) >= 11 is 0. The van der Waals surface area contributed by atoms with E-state index in [1.807, 2.05) is 56.3 Å². The summed E-state index contributed by atoms with van der Waals surface area (Å²) in [5.41, 5.74) is 8.42. The molecule has 1 heterocycles. The summed E-state index contributed by atoms with van der Waals surface area (Å²) in [7, 11) is 3.83. The fourth-order valence-electron chi connectivity index (χ4n) is 1.82. The van der Waals surface area contributed by atoms with Crippen molar-refractivity contribution in [3.05, 3.63) is 36.0 Å². The highest BCUT2D eigenvalue weighted by molar-refractivity contribution is 5.85. The van der Waals surface area contributed by atoms with Gasteiger partial charge in [0.05, 0.1) is 18.0 Å². The lowest BCUT2D eigenvalue weighted by Crippen LogP contribution is -2.15. The second-order valence-electron chi connectivity index (χ2n) is 4.60. The molecule has 2 aromatic rings. The Morgan fingerprint density at radius 1 is 1.14 bits per heavy atom. The maximum absolute atomic E-state index is 5.70. The Bertz CT molecular complexity index is 572. The van der Waals surface area contributed by atoms with Gasteiger partial charge in [-0.25, -0.2) is 9.97 Å². The van der Waals surface area contributed by atoms with Gasteiger partial charge < -0.3 is 15.4 Å². The monoisotopic (exact) mass is 308 g/mol. The summed E-state index contributed by atoms with van der Waals surface area (Å²) in [6.07, 6.45) is 0. The van der Waals surface area contributed by atoms with Gasteiger partial charge in [0, 0.05) is 26.2 Å². The summed E-state index contributed by atoms with van der Waals surface area (Å²) in [6.45, 7) is 3.03. The van der Waals surface area contributed by atoms with Gasteiger partial charge in [0.15, 0.2) is 0 Å². The molecule has 0 aliphatic heterocycles. The fourth-order valence-corrected chi connectivity index (χ4v) is 1.82. The van der Waals surface area contributed by atoms with E-state index < -0.39 is 0 Å². The number of halogens is 1. The number of ether oxygens (including phenoxy) is 1. The first-order valence-electron chi connectivity index (χ1n) is 6.62. The molecular formula is C15H21ClN4O. The van der Waals surface area contributed by atoms with Gasteiger partial charge in [-0.05, 0) is 37.3 Å². The Balaban J connectivity index is 0.00000220. The van der Waals surface area contributed by atoms with Crippen molar-refractivity contribution < 1.29 is 4.74 Å². The van der Waals surface area contributed by atoms with Gasteiger partial charge in [-0.2, -0.15) is 0 Å². The molecule has 6 heteroatoms. The number of benzene rings is 1. The summed E-state index contributed by atoms with van der Waals surface area (Å²) < 4.78 is 5.44. The second kappa shape index (κ2) is 7.81. The number of hydrogen-bond acceptors (Lipinski definition) is 5. The number of hydrogen-bond donors (Lipinski definition) is 1. The van der Waals surface area contributed by atoms with E-state index >= 15 is 0 Å². The lowest BCUT2D eigenvalue weighted by atomic mass is 10.1. The third-order valence-electron chi connectivity index (χ3n) is 2.84. The number of aromatic nitrogens is 2. The molecule has 0 spiro atoms. The maximum Gasteiger partial charge on any atom is 0.225 e. The van der Waals surface area contributed by atoms with Crippen molar-refractivity contribution in [1.82, 2.24) is 9.97 Å². The van der Waals surface area contributed by atoms with E-state index in [1.54, 1.807) is 0 Å². The highest BCUT2D eigenvalue weighted by Crippen LogP contribution is 2.23. The van der Waals surface area contributed by atoms with Gasteiger partial charge in [-0.3, -0.25) is 0 Å². The van der Waals surface area contributed by atoms with Crippen LogP contribution in [0.3, 0.4) is 0 Å². The van der Waals surface area contributed by atoms with Crippen LogP contribution in [0.2, 0.25) is 0 Å². The molecule has 0 bridgehead atoms. The van der Waals surface area contributed by atoms with Crippen LogP contribution in [0.15, 0.2) is 30.3 Å². The van der Waals surface area contributed by atoms with Gasteiger partial charge in [0.2, 0.25) is 5.95 Å². The molecule has 114 valence electrons. The van der Waals surface area contributed by atoms with Crippen LogP contribution in [-0.2, 0) is 6.54 Å². The molecule has 0 aliphatic carbocycles. The highest BCUT2D eigenvalue weighted by Gasteiger charge is 2.07. The van der Waals surface area contributed by atoms with E-state index in [9.17, 15) is 0 Å². The topological polar surface area (TPSA) is 64.3 Å². The zero-order valence-corrected chi connectivity index (χ0v) is 13.4. The van der Waals surface area contributed by atoms with Crippen LogP contribution in [-0.4, -0.2) is 30.7 Å². The lowest BCUT2D eigenvalue weighted by Gasteiger charge is -2.13. The highest BCUT2D eigenvalue weighted by atomic mass is 35.5. The molecule has 5 nitrogen and oxygen atoms in total. The standard InChI is InChI=1S/C15H20N4O.ClH/c1-4-20-13-7-5-11(6-8-13)14-9-12(10-16)17-15(18-14)19(2)3;/h5-9H,4,10,16H2,1-3H3;1H. The zero-order valence-electron chi connectivity index (χ0n) is 12.5. The minimum atomic E-state index is 0. The Morgan fingerprint density at radius 3 is 2.33 bits per heavy atom. The fraction of sp³-hybridized carbons (Fsp3) is 0.333. The summed E-state index contributed by atoms with van der Waals surface area (Å²) in [4.78, 5) is 10.8. The van der Waals surface area contributed by atoms with Gasteiger partial charge in [0.1, 0.15) is 5.75 Å². The third-order valence-corrected chi connectivity index (χ3v) is 2.84. The van der Waals surface area contributed by atoms with Gasteiger partial charge >= 0.3 is 0 Å². The molecule has 0 unspecified atom stereocenters. The lowest BCUT2D eigenvalue weighted by molar-refractivity contribution is 0.340. The van der Waals surface area contributed by atoms with Gasteiger partial charge in [-0.1, -0.05) is 0 Å². The normalized spacial score (nSPS) is 9.90. The predicted octanol–water partition coefficient (Wildman–Crippen LogP) is 2.49. The molecule has 2 N–H and O–H groups in total. The molecule has 1 aromatic heterocycles. The van der Waals surface area contributed by atoms with E-state index in [4.69, 9.17) is 10.5 Å².